The van der Waals surface area contributed by atoms with Crippen LogP contribution in [-0.2, 0) is 16.6 Å². The van der Waals surface area contributed by atoms with Gasteiger partial charge in [0.05, 0.1) is 18.7 Å². The van der Waals surface area contributed by atoms with Crippen molar-refractivity contribution in [3.8, 4) is 23.1 Å². The maximum Gasteiger partial charge on any atom is 0.219 e. The molecule has 1 aliphatic carbocycles. The van der Waals surface area contributed by atoms with Gasteiger partial charge in [-0.1, -0.05) is 24.3 Å². The van der Waals surface area contributed by atoms with Crippen molar-refractivity contribution in [3.05, 3.63) is 71.2 Å². The predicted octanol–water partition coefficient (Wildman–Crippen LogP) is 4.51. The van der Waals surface area contributed by atoms with E-state index in [2.05, 4.69) is 28.4 Å². The third-order valence-corrected chi connectivity index (χ3v) is 7.98. The molecule has 1 unspecified atom stereocenters. The summed E-state index contributed by atoms with van der Waals surface area (Å²) in [5.41, 5.74) is 5.95. The Hall–Kier alpha value is -4.25. The third kappa shape index (κ3) is 3.73. The number of aromatic amines is 1. The van der Waals surface area contributed by atoms with Crippen LogP contribution in [-0.4, -0.2) is 51.2 Å². The number of pyridine rings is 2. The highest BCUT2D eigenvalue weighted by molar-refractivity contribution is 5.90. The second-order valence-corrected chi connectivity index (χ2v) is 9.93. The van der Waals surface area contributed by atoms with E-state index in [4.69, 9.17) is 14.7 Å². The van der Waals surface area contributed by atoms with Gasteiger partial charge in [-0.25, -0.2) is 4.98 Å². The molecule has 3 aromatic heterocycles. The first kappa shape index (κ1) is 23.2. The average molecular weight is 493 g/mol. The monoisotopic (exact) mass is 492 g/mol. The van der Waals surface area contributed by atoms with Crippen molar-refractivity contribution < 1.29 is 9.53 Å². The Labute approximate surface area is 215 Å². The number of ether oxygens (including phenoxy) is 1. The minimum Gasteiger partial charge on any atom is -0.495 e. The fourth-order valence-electron chi connectivity index (χ4n) is 5.90. The lowest BCUT2D eigenvalue weighted by Gasteiger charge is -2.31. The van der Waals surface area contributed by atoms with Crippen LogP contribution in [0.5, 0.6) is 5.75 Å². The molecule has 2 aliphatic rings. The van der Waals surface area contributed by atoms with Crippen LogP contribution in [0.15, 0.2) is 48.7 Å². The van der Waals surface area contributed by atoms with Gasteiger partial charge in [0.25, 0.3) is 0 Å². The van der Waals surface area contributed by atoms with Crippen molar-refractivity contribution in [1.82, 2.24) is 25.1 Å². The molecule has 8 nitrogen and oxygen atoms in total. The molecule has 186 valence electrons. The van der Waals surface area contributed by atoms with Crippen molar-refractivity contribution in [1.29, 1.82) is 5.26 Å². The summed E-state index contributed by atoms with van der Waals surface area (Å²) < 4.78 is 5.73. The Morgan fingerprint density at radius 2 is 2.03 bits per heavy atom. The highest BCUT2D eigenvalue weighted by Gasteiger charge is 2.44. The van der Waals surface area contributed by atoms with Gasteiger partial charge in [-0.3, -0.25) is 14.9 Å². The number of likely N-dealkylation sites (tertiary alicyclic amines) is 1. The number of rotatable bonds is 4. The number of methoxy groups -OCH3 is 1. The van der Waals surface area contributed by atoms with E-state index in [9.17, 15) is 10.1 Å². The fourth-order valence-corrected chi connectivity index (χ4v) is 5.90. The fraction of sp³-hybridized carbons (Fsp3) is 0.345. The second kappa shape index (κ2) is 9.00. The number of nitrogens with zero attached hydrogens (tertiary/aromatic N) is 5. The van der Waals surface area contributed by atoms with Gasteiger partial charge in [0, 0.05) is 49.5 Å². The first-order chi connectivity index (χ1) is 18.0. The number of aromatic nitrogens is 4. The quantitative estimate of drug-likeness (QED) is 0.449. The van der Waals surface area contributed by atoms with Crippen LogP contribution < -0.4 is 4.74 Å². The van der Waals surface area contributed by atoms with Crippen molar-refractivity contribution >= 4 is 16.9 Å². The number of carbonyl (C=O) groups is 1. The van der Waals surface area contributed by atoms with Crippen LogP contribution >= 0.6 is 0 Å². The summed E-state index contributed by atoms with van der Waals surface area (Å²) in [6.07, 6.45) is 5.16. The van der Waals surface area contributed by atoms with Crippen molar-refractivity contribution in [3.63, 3.8) is 0 Å². The summed E-state index contributed by atoms with van der Waals surface area (Å²) in [4.78, 5) is 23.3. The minimum absolute atomic E-state index is 0.134. The van der Waals surface area contributed by atoms with Gasteiger partial charge in [0.1, 0.15) is 28.1 Å². The number of amides is 1. The summed E-state index contributed by atoms with van der Waals surface area (Å²) in [5, 5.41) is 18.1. The zero-order chi connectivity index (χ0) is 25.6. The lowest BCUT2D eigenvalue weighted by Crippen LogP contribution is -2.36. The maximum atomic E-state index is 11.6. The van der Waals surface area contributed by atoms with Gasteiger partial charge in [-0.05, 0) is 48.9 Å². The van der Waals surface area contributed by atoms with Crippen LogP contribution in [0.2, 0.25) is 0 Å². The lowest BCUT2D eigenvalue weighted by atomic mass is 9.79. The topological polar surface area (TPSA) is 108 Å². The summed E-state index contributed by atoms with van der Waals surface area (Å²) >= 11 is 0. The number of benzene rings is 1. The van der Waals surface area contributed by atoms with Crippen molar-refractivity contribution in [2.45, 2.75) is 43.9 Å². The van der Waals surface area contributed by atoms with Crippen molar-refractivity contribution in [2.24, 2.45) is 0 Å². The number of nitrogens with one attached hydrogen (secondary N) is 1. The van der Waals surface area contributed by atoms with E-state index in [-0.39, 0.29) is 5.91 Å². The van der Waals surface area contributed by atoms with Crippen molar-refractivity contribution in [2.75, 3.05) is 20.2 Å². The first-order valence-electron chi connectivity index (χ1n) is 12.7. The number of hydrogen-bond donors (Lipinski definition) is 1. The molecule has 1 saturated heterocycles. The summed E-state index contributed by atoms with van der Waals surface area (Å²) in [7, 11) is 1.61. The van der Waals surface area contributed by atoms with Gasteiger partial charge in [0.15, 0.2) is 0 Å². The molecule has 0 spiro atoms. The van der Waals surface area contributed by atoms with Crippen LogP contribution in [0, 0.1) is 11.3 Å². The molecule has 0 radical (unpaired) electrons. The lowest BCUT2D eigenvalue weighted by molar-refractivity contribution is -0.129. The number of carbonyl (C=O) groups excluding carboxylic acids is 1. The molecule has 1 N–H and O–H groups in total. The molecule has 1 fully saturated rings. The van der Waals surface area contributed by atoms with E-state index >= 15 is 0 Å². The molecule has 37 heavy (non-hydrogen) atoms. The van der Waals surface area contributed by atoms with Gasteiger partial charge in [-0.15, -0.1) is 0 Å². The average Bonchev–Trinajstić information content (AvgIpc) is 3.54. The standard InChI is InChI=1S/C29H28N6O2/c1-18(36)35-13-10-20(11-14-35)23-8-7-21(16-31-23)26-27-24(33-34-26)15-25(37-2)28(32-27)29(17-30)12-9-19-5-3-4-6-22(19)29/h3-8,15-16,20H,9-14H2,1-2H3,(H,33,34). The van der Waals surface area contributed by atoms with Gasteiger partial charge in [0.2, 0.25) is 5.91 Å². The molecule has 1 amide bonds. The van der Waals surface area contributed by atoms with Crippen LogP contribution in [0.4, 0.5) is 0 Å². The number of nitriles is 1. The normalized spacial score (nSPS) is 19.5. The summed E-state index contributed by atoms with van der Waals surface area (Å²) in [6, 6.07) is 16.7. The minimum atomic E-state index is -0.874. The highest BCUT2D eigenvalue weighted by atomic mass is 16.5. The highest BCUT2D eigenvalue weighted by Crippen LogP contribution is 2.47. The molecule has 0 saturated carbocycles. The number of hydrogen-bond acceptors (Lipinski definition) is 6. The van der Waals surface area contributed by atoms with E-state index in [1.165, 1.54) is 5.56 Å². The summed E-state index contributed by atoms with van der Waals surface area (Å²) in [6.45, 7) is 3.16. The Morgan fingerprint density at radius 3 is 2.73 bits per heavy atom. The molecule has 1 aliphatic heterocycles. The zero-order valence-corrected chi connectivity index (χ0v) is 21.0. The third-order valence-electron chi connectivity index (χ3n) is 7.98. The first-order valence-corrected chi connectivity index (χ1v) is 12.7. The molecule has 0 bridgehead atoms. The second-order valence-electron chi connectivity index (χ2n) is 9.93. The van der Waals surface area contributed by atoms with Gasteiger partial charge >= 0.3 is 0 Å². The Balaban J connectivity index is 1.37. The molecular formula is C29H28N6O2. The molecule has 4 heterocycles. The smallest absolute Gasteiger partial charge is 0.219 e. The molecule has 6 rings (SSSR count). The number of fused-ring (bicyclic) bond motifs is 2. The molecule has 1 aromatic carbocycles. The van der Waals surface area contributed by atoms with Gasteiger partial charge in [-0.2, -0.15) is 10.4 Å². The zero-order valence-electron chi connectivity index (χ0n) is 21.0. The number of piperidine rings is 1. The predicted molar refractivity (Wildman–Crippen MR) is 139 cm³/mol. The Bertz CT molecular complexity index is 1530. The van der Waals surface area contributed by atoms with Crippen LogP contribution in [0.3, 0.4) is 0 Å². The molecular weight excluding hydrogens is 464 g/mol. The SMILES string of the molecule is COc1cc2[nH]nc(-c3ccc(C4CCN(C(C)=O)CC4)nc3)c2nc1C1(C#N)CCc2ccccc21. The molecule has 4 aromatic rings. The van der Waals surface area contributed by atoms with E-state index < -0.39 is 5.41 Å². The molecule has 1 atom stereocenters. The van der Waals surface area contributed by atoms with E-state index in [1.54, 1.807) is 14.0 Å². The Kier molecular flexibility index (Phi) is 5.64. The van der Waals surface area contributed by atoms with E-state index in [1.807, 2.05) is 41.4 Å². The maximum absolute atomic E-state index is 11.6. The van der Waals surface area contributed by atoms with Gasteiger partial charge < -0.3 is 9.64 Å². The largest absolute Gasteiger partial charge is 0.495 e. The number of aryl methyl sites for hydroxylation is 1. The van der Waals surface area contributed by atoms with Crippen LogP contribution in [0.25, 0.3) is 22.3 Å². The summed E-state index contributed by atoms with van der Waals surface area (Å²) in [5.74, 6) is 1.05. The molecule has 8 heteroatoms. The Morgan fingerprint density at radius 1 is 1.22 bits per heavy atom. The van der Waals surface area contributed by atoms with Crippen LogP contribution in [0.1, 0.15) is 54.6 Å². The van der Waals surface area contributed by atoms with E-state index in [0.717, 1.165) is 54.7 Å². The number of H-pyrrole nitrogens is 1. The van der Waals surface area contributed by atoms with E-state index in [0.29, 0.717) is 35.0 Å².